The van der Waals surface area contributed by atoms with Crippen molar-refractivity contribution < 1.29 is 17.9 Å². The maximum absolute atomic E-state index is 11.2. The lowest BCUT2D eigenvalue weighted by atomic mass is 10.3. The van der Waals surface area contributed by atoms with Gasteiger partial charge in [-0.25, -0.2) is 18.2 Å². The molecule has 0 spiro atoms. The van der Waals surface area contributed by atoms with Crippen LogP contribution in [0, 0.1) is 0 Å². The Morgan fingerprint density at radius 3 is 2.50 bits per heavy atom. The Morgan fingerprint density at radius 1 is 1.56 bits per heavy atom. The largest absolute Gasteiger partial charge is 0.462 e. The summed E-state index contributed by atoms with van der Waals surface area (Å²) in [6.07, 6.45) is 2.95. The number of esters is 1. The molecule has 2 N–H and O–H groups in total. The Morgan fingerprint density at radius 2 is 2.12 bits per heavy atom. The molecular weight excluding hydrogens is 232 g/mol. The van der Waals surface area contributed by atoms with Crippen LogP contribution in [-0.2, 0) is 19.4 Å². The first-order valence-corrected chi connectivity index (χ1v) is 6.24. The summed E-state index contributed by atoms with van der Waals surface area (Å²) in [5.41, 5.74) is 5.13. The van der Waals surface area contributed by atoms with Crippen LogP contribution in [0.3, 0.4) is 0 Å². The fraction of sp³-hybridized carbons (Fsp3) is 0.333. The summed E-state index contributed by atoms with van der Waals surface area (Å²) in [5, 5.41) is -0.351. The lowest BCUT2D eigenvalue weighted by Crippen LogP contribution is -2.11. The van der Waals surface area contributed by atoms with Gasteiger partial charge in [-0.15, -0.1) is 0 Å². The molecule has 0 aliphatic heterocycles. The van der Waals surface area contributed by atoms with Gasteiger partial charge >= 0.3 is 5.97 Å². The fourth-order valence-corrected chi connectivity index (χ4v) is 0.860. The third-order valence-electron chi connectivity index (χ3n) is 1.47. The number of hydrogen-bond donors (Lipinski definition) is 1. The van der Waals surface area contributed by atoms with Gasteiger partial charge in [-0.2, -0.15) is 0 Å². The lowest BCUT2D eigenvalue weighted by molar-refractivity contribution is -0.137. The molecule has 0 aromatic rings. The number of carbonyl (C=O) groups excluding carboxylic acids is 1. The zero-order valence-corrected chi connectivity index (χ0v) is 9.95. The molecular formula is C9H14N2O4S. The summed E-state index contributed by atoms with van der Waals surface area (Å²) >= 11 is 0. The molecule has 0 aliphatic carbocycles. The topological polar surface area (TPSA) is 98.8 Å². The van der Waals surface area contributed by atoms with Crippen LogP contribution >= 0.6 is 0 Å². The van der Waals surface area contributed by atoms with E-state index in [-0.39, 0.29) is 17.2 Å². The van der Waals surface area contributed by atoms with E-state index >= 15 is 0 Å². The van der Waals surface area contributed by atoms with Crippen molar-refractivity contribution in [2.24, 2.45) is 10.7 Å². The Balaban J connectivity index is 4.77. The average Bonchev–Trinajstić information content (AvgIpc) is 2.17. The van der Waals surface area contributed by atoms with Crippen molar-refractivity contribution in [2.45, 2.75) is 6.92 Å². The molecule has 90 valence electrons. The predicted molar refractivity (Wildman–Crippen MR) is 61.4 cm³/mol. The minimum Gasteiger partial charge on any atom is -0.462 e. The number of nitrogens with zero attached hydrogens (tertiary/aromatic N) is 1. The summed E-state index contributed by atoms with van der Waals surface area (Å²) in [6.45, 7) is 5.06. The van der Waals surface area contributed by atoms with E-state index in [0.717, 1.165) is 18.7 Å². The van der Waals surface area contributed by atoms with Crippen molar-refractivity contribution in [2.75, 3.05) is 12.9 Å². The van der Waals surface area contributed by atoms with Gasteiger partial charge in [0.15, 0.2) is 9.84 Å². The highest BCUT2D eigenvalue weighted by molar-refractivity contribution is 7.94. The third kappa shape index (κ3) is 4.74. The van der Waals surface area contributed by atoms with Gasteiger partial charge in [0.1, 0.15) is 5.03 Å². The van der Waals surface area contributed by atoms with Crippen LogP contribution in [0.25, 0.3) is 0 Å². The summed E-state index contributed by atoms with van der Waals surface area (Å²) in [4.78, 5) is 14.7. The molecule has 16 heavy (non-hydrogen) atoms. The second-order valence-electron chi connectivity index (χ2n) is 2.77. The van der Waals surface area contributed by atoms with Crippen molar-refractivity contribution in [1.82, 2.24) is 0 Å². The second-order valence-corrected chi connectivity index (χ2v) is 4.78. The van der Waals surface area contributed by atoms with Crippen molar-refractivity contribution >= 4 is 22.0 Å². The van der Waals surface area contributed by atoms with Crippen LogP contribution in [0.15, 0.2) is 28.4 Å². The van der Waals surface area contributed by atoms with Crippen LogP contribution < -0.4 is 5.73 Å². The molecule has 0 radical (unpaired) electrons. The second kappa shape index (κ2) is 6.06. The van der Waals surface area contributed by atoms with Gasteiger partial charge < -0.3 is 10.5 Å². The molecule has 0 aromatic carbocycles. The van der Waals surface area contributed by atoms with E-state index in [0.29, 0.717) is 0 Å². The average molecular weight is 246 g/mol. The molecule has 6 nitrogen and oxygen atoms in total. The molecule has 0 unspecified atom stereocenters. The number of rotatable bonds is 5. The highest BCUT2D eigenvalue weighted by Crippen LogP contribution is 2.03. The van der Waals surface area contributed by atoms with Gasteiger partial charge in [-0.1, -0.05) is 6.58 Å². The quantitative estimate of drug-likeness (QED) is 0.417. The van der Waals surface area contributed by atoms with Crippen LogP contribution in [0.2, 0.25) is 0 Å². The smallest absolute Gasteiger partial charge is 0.341 e. The first-order valence-electron chi connectivity index (χ1n) is 4.35. The molecule has 0 bridgehead atoms. The molecule has 0 aromatic heterocycles. The van der Waals surface area contributed by atoms with E-state index < -0.39 is 15.8 Å². The highest BCUT2D eigenvalue weighted by Gasteiger charge is 2.09. The molecule has 7 heteroatoms. The van der Waals surface area contributed by atoms with Gasteiger partial charge in [-0.3, -0.25) is 0 Å². The Bertz CT molecular complexity index is 434. The third-order valence-corrected chi connectivity index (χ3v) is 2.43. The van der Waals surface area contributed by atoms with Crippen molar-refractivity contribution in [1.29, 1.82) is 0 Å². The molecule has 0 rings (SSSR count). The minimum absolute atomic E-state index is 0.0355. The molecule has 0 atom stereocenters. The first-order chi connectivity index (χ1) is 7.32. The number of hydrogen-bond acceptors (Lipinski definition) is 6. The van der Waals surface area contributed by atoms with E-state index in [1.54, 1.807) is 6.92 Å². The van der Waals surface area contributed by atoms with E-state index in [1.165, 1.54) is 0 Å². The summed E-state index contributed by atoms with van der Waals surface area (Å²) in [6, 6.07) is 0. The number of ether oxygens (including phenoxy) is 1. The van der Waals surface area contributed by atoms with Gasteiger partial charge in [0.2, 0.25) is 0 Å². The minimum atomic E-state index is -3.46. The van der Waals surface area contributed by atoms with E-state index in [4.69, 9.17) is 5.73 Å². The highest BCUT2D eigenvalue weighted by atomic mass is 32.2. The number of aliphatic imine (C=N–C) groups is 1. The Hall–Kier alpha value is -1.63. The summed E-state index contributed by atoms with van der Waals surface area (Å²) < 4.78 is 26.6. The predicted octanol–water partition coefficient (Wildman–Crippen LogP) is -0.0213. The Kier molecular flexibility index (Phi) is 5.44. The van der Waals surface area contributed by atoms with Crippen LogP contribution in [0.5, 0.6) is 0 Å². The van der Waals surface area contributed by atoms with Gasteiger partial charge in [-0.05, 0) is 6.92 Å². The molecule has 0 heterocycles. The zero-order chi connectivity index (χ0) is 12.8. The van der Waals surface area contributed by atoms with Gasteiger partial charge in [0.05, 0.1) is 12.2 Å². The SMILES string of the molecule is C=C(N=C/C(=C\N)C(=O)OCC)S(C)(=O)=O. The standard InChI is InChI=1S/C9H14N2O4S/c1-4-15-9(12)8(5-10)6-11-7(2)16(3,13)14/h5-6H,2,4,10H2,1,3H3/b8-5+,11-6?. The van der Waals surface area contributed by atoms with Crippen LogP contribution in [0.1, 0.15) is 6.92 Å². The molecule has 0 fully saturated rings. The van der Waals surface area contributed by atoms with E-state index in [1.807, 2.05) is 0 Å². The normalized spacial score (nSPS) is 12.8. The summed E-state index contributed by atoms with van der Waals surface area (Å²) in [7, 11) is -3.46. The molecule has 0 amide bonds. The monoisotopic (exact) mass is 246 g/mol. The number of nitrogens with two attached hydrogens (primary N) is 1. The van der Waals surface area contributed by atoms with Gasteiger partial charge in [0.25, 0.3) is 0 Å². The van der Waals surface area contributed by atoms with Crippen molar-refractivity contribution in [3.63, 3.8) is 0 Å². The zero-order valence-electron chi connectivity index (χ0n) is 9.13. The first kappa shape index (κ1) is 14.4. The number of carbonyl (C=O) groups is 1. The lowest BCUT2D eigenvalue weighted by Gasteiger charge is -2.00. The molecule has 0 saturated heterocycles. The van der Waals surface area contributed by atoms with Crippen LogP contribution in [0.4, 0.5) is 0 Å². The summed E-state index contributed by atoms with van der Waals surface area (Å²) in [5.74, 6) is -0.671. The van der Waals surface area contributed by atoms with E-state index in [2.05, 4.69) is 16.3 Å². The van der Waals surface area contributed by atoms with Gasteiger partial charge in [0, 0.05) is 18.7 Å². The Labute approximate surface area is 94.4 Å². The maximum Gasteiger partial charge on any atom is 0.341 e. The van der Waals surface area contributed by atoms with E-state index in [9.17, 15) is 13.2 Å². The fourth-order valence-electron chi connectivity index (χ4n) is 0.615. The number of sulfone groups is 1. The molecule has 0 saturated carbocycles. The van der Waals surface area contributed by atoms with Crippen molar-refractivity contribution in [3.8, 4) is 0 Å². The van der Waals surface area contributed by atoms with Crippen LogP contribution in [-0.4, -0.2) is 33.5 Å². The maximum atomic E-state index is 11.2. The van der Waals surface area contributed by atoms with Crippen molar-refractivity contribution in [3.05, 3.63) is 23.4 Å². The molecule has 0 aliphatic rings.